The first-order valence-corrected chi connectivity index (χ1v) is 10.4. The molecule has 2 aromatic rings. The van der Waals surface area contributed by atoms with Crippen LogP contribution in [0.4, 0.5) is 0 Å². The SMILES string of the molecule is CCOc1ccc(C2NNCC2CNS(=O)(=O)Cc2ccccc2)cc1. The monoisotopic (exact) mass is 375 g/mol. The Morgan fingerprint density at radius 2 is 1.85 bits per heavy atom. The summed E-state index contributed by atoms with van der Waals surface area (Å²) in [6, 6.07) is 17.2. The molecule has 0 spiro atoms. The van der Waals surface area contributed by atoms with Gasteiger partial charge in [-0.15, -0.1) is 0 Å². The highest BCUT2D eigenvalue weighted by atomic mass is 32.2. The molecule has 3 rings (SSSR count). The second-order valence-corrected chi connectivity index (χ2v) is 8.17. The second-order valence-electron chi connectivity index (χ2n) is 6.36. The van der Waals surface area contributed by atoms with E-state index in [0.717, 1.165) is 16.9 Å². The van der Waals surface area contributed by atoms with Crippen molar-refractivity contribution >= 4 is 10.0 Å². The summed E-state index contributed by atoms with van der Waals surface area (Å²) >= 11 is 0. The third-order valence-corrected chi connectivity index (χ3v) is 5.73. The van der Waals surface area contributed by atoms with Gasteiger partial charge in [-0.3, -0.25) is 5.43 Å². The molecule has 0 radical (unpaired) electrons. The largest absolute Gasteiger partial charge is 0.494 e. The highest BCUT2D eigenvalue weighted by molar-refractivity contribution is 7.88. The lowest BCUT2D eigenvalue weighted by Crippen LogP contribution is -2.33. The molecule has 1 aliphatic heterocycles. The molecule has 0 aromatic heterocycles. The summed E-state index contributed by atoms with van der Waals surface area (Å²) in [5.74, 6) is 0.954. The van der Waals surface area contributed by atoms with Crippen molar-refractivity contribution in [3.8, 4) is 5.75 Å². The number of hydrogen-bond donors (Lipinski definition) is 3. The Morgan fingerprint density at radius 3 is 2.54 bits per heavy atom. The number of hydrogen-bond acceptors (Lipinski definition) is 5. The van der Waals surface area contributed by atoms with Crippen molar-refractivity contribution in [2.45, 2.75) is 18.7 Å². The number of nitrogens with one attached hydrogen (secondary N) is 3. The van der Waals surface area contributed by atoms with Crippen LogP contribution >= 0.6 is 0 Å². The molecule has 1 fully saturated rings. The number of rotatable bonds is 8. The maximum Gasteiger partial charge on any atom is 0.215 e. The molecule has 0 amide bonds. The summed E-state index contributed by atoms with van der Waals surface area (Å²) in [6.07, 6.45) is 0. The highest BCUT2D eigenvalue weighted by Crippen LogP contribution is 2.26. The van der Waals surface area contributed by atoms with E-state index < -0.39 is 10.0 Å². The second kappa shape index (κ2) is 8.64. The normalized spacial score (nSPS) is 20.2. The molecular formula is C19H25N3O3S. The Bertz CT molecular complexity index is 795. The van der Waals surface area contributed by atoms with Crippen LogP contribution in [0, 0.1) is 5.92 Å². The average Bonchev–Trinajstić information content (AvgIpc) is 3.10. The number of sulfonamides is 1. The average molecular weight is 375 g/mol. The van der Waals surface area contributed by atoms with Gasteiger partial charge in [0.15, 0.2) is 0 Å². The third kappa shape index (κ3) is 5.04. The molecule has 0 aliphatic carbocycles. The molecule has 7 heteroatoms. The van der Waals surface area contributed by atoms with Gasteiger partial charge in [0.2, 0.25) is 10.0 Å². The van der Waals surface area contributed by atoms with Gasteiger partial charge in [0.05, 0.1) is 18.4 Å². The minimum atomic E-state index is -3.37. The van der Waals surface area contributed by atoms with E-state index in [2.05, 4.69) is 15.6 Å². The van der Waals surface area contributed by atoms with Crippen LogP contribution in [0.25, 0.3) is 0 Å². The minimum Gasteiger partial charge on any atom is -0.494 e. The summed E-state index contributed by atoms with van der Waals surface area (Å²) in [6.45, 7) is 3.67. The smallest absolute Gasteiger partial charge is 0.215 e. The summed E-state index contributed by atoms with van der Waals surface area (Å²) in [4.78, 5) is 0. The topological polar surface area (TPSA) is 79.5 Å². The number of hydrazine groups is 1. The van der Waals surface area contributed by atoms with Gasteiger partial charge in [-0.2, -0.15) is 0 Å². The molecule has 2 aromatic carbocycles. The van der Waals surface area contributed by atoms with Crippen molar-refractivity contribution in [1.82, 2.24) is 15.6 Å². The fourth-order valence-electron chi connectivity index (χ4n) is 3.10. The Balaban J connectivity index is 1.60. The van der Waals surface area contributed by atoms with Crippen molar-refractivity contribution in [3.63, 3.8) is 0 Å². The molecule has 0 saturated carbocycles. The van der Waals surface area contributed by atoms with Crippen LogP contribution in [0.2, 0.25) is 0 Å². The molecule has 26 heavy (non-hydrogen) atoms. The van der Waals surface area contributed by atoms with Gasteiger partial charge in [-0.05, 0) is 30.2 Å². The van der Waals surface area contributed by atoms with E-state index in [0.29, 0.717) is 19.7 Å². The first kappa shape index (κ1) is 18.8. The summed E-state index contributed by atoms with van der Waals surface area (Å²) in [7, 11) is -3.37. The minimum absolute atomic E-state index is 0.00482. The third-order valence-electron chi connectivity index (χ3n) is 4.41. The number of ether oxygens (including phenoxy) is 1. The van der Waals surface area contributed by atoms with Gasteiger partial charge in [0.1, 0.15) is 5.75 Å². The molecular weight excluding hydrogens is 350 g/mol. The molecule has 3 N–H and O–H groups in total. The standard InChI is InChI=1S/C19H25N3O3S/c1-2-25-18-10-8-16(9-11-18)19-17(12-20-22-19)13-21-26(23,24)14-15-6-4-3-5-7-15/h3-11,17,19-22H,2,12-14H2,1H3. The van der Waals surface area contributed by atoms with Crippen LogP contribution in [-0.2, 0) is 15.8 Å². The van der Waals surface area contributed by atoms with Crippen LogP contribution in [0.5, 0.6) is 5.75 Å². The van der Waals surface area contributed by atoms with E-state index in [4.69, 9.17) is 4.74 Å². The van der Waals surface area contributed by atoms with Crippen molar-refractivity contribution < 1.29 is 13.2 Å². The zero-order valence-electron chi connectivity index (χ0n) is 14.8. The molecule has 1 aliphatic rings. The lowest BCUT2D eigenvalue weighted by Gasteiger charge is -2.19. The van der Waals surface area contributed by atoms with Crippen LogP contribution < -0.4 is 20.3 Å². The van der Waals surface area contributed by atoms with Crippen LogP contribution in [0.1, 0.15) is 24.1 Å². The molecule has 0 bridgehead atoms. The van der Waals surface area contributed by atoms with E-state index in [-0.39, 0.29) is 17.7 Å². The zero-order chi connectivity index (χ0) is 18.4. The fraction of sp³-hybridized carbons (Fsp3) is 0.368. The van der Waals surface area contributed by atoms with Gasteiger partial charge in [-0.25, -0.2) is 18.6 Å². The Labute approximate surface area is 155 Å². The quantitative estimate of drug-likeness (QED) is 0.657. The predicted molar refractivity (Wildman–Crippen MR) is 102 cm³/mol. The molecule has 1 saturated heterocycles. The van der Waals surface area contributed by atoms with Crippen molar-refractivity contribution in [2.24, 2.45) is 5.92 Å². The zero-order valence-corrected chi connectivity index (χ0v) is 15.6. The van der Waals surface area contributed by atoms with Crippen LogP contribution in [-0.4, -0.2) is 28.1 Å². The Morgan fingerprint density at radius 1 is 1.12 bits per heavy atom. The lowest BCUT2D eigenvalue weighted by molar-refractivity contribution is 0.340. The maximum atomic E-state index is 12.3. The van der Waals surface area contributed by atoms with Crippen LogP contribution in [0.3, 0.4) is 0 Å². The van der Waals surface area contributed by atoms with Gasteiger partial charge >= 0.3 is 0 Å². The van der Waals surface area contributed by atoms with Crippen LogP contribution in [0.15, 0.2) is 54.6 Å². The molecule has 140 valence electrons. The summed E-state index contributed by atoms with van der Waals surface area (Å²) in [5, 5.41) is 0. The highest BCUT2D eigenvalue weighted by Gasteiger charge is 2.29. The molecule has 2 unspecified atom stereocenters. The van der Waals surface area contributed by atoms with E-state index >= 15 is 0 Å². The van der Waals surface area contributed by atoms with E-state index in [1.807, 2.05) is 61.5 Å². The Hall–Kier alpha value is -1.93. The number of benzene rings is 2. The van der Waals surface area contributed by atoms with Crippen molar-refractivity contribution in [2.75, 3.05) is 19.7 Å². The fourth-order valence-corrected chi connectivity index (χ4v) is 4.30. The summed E-state index contributed by atoms with van der Waals surface area (Å²) in [5.41, 5.74) is 8.25. The van der Waals surface area contributed by atoms with E-state index in [9.17, 15) is 8.42 Å². The first-order chi connectivity index (χ1) is 12.6. The van der Waals surface area contributed by atoms with Gasteiger partial charge in [-0.1, -0.05) is 42.5 Å². The van der Waals surface area contributed by atoms with Gasteiger partial charge in [0, 0.05) is 19.0 Å². The maximum absolute atomic E-state index is 12.3. The summed E-state index contributed by atoms with van der Waals surface area (Å²) < 4.78 is 32.9. The van der Waals surface area contributed by atoms with E-state index in [1.165, 1.54) is 0 Å². The molecule has 2 atom stereocenters. The Kier molecular flexibility index (Phi) is 6.26. The van der Waals surface area contributed by atoms with Gasteiger partial charge < -0.3 is 4.74 Å². The molecule has 1 heterocycles. The molecule has 6 nitrogen and oxygen atoms in total. The first-order valence-electron chi connectivity index (χ1n) is 8.80. The van der Waals surface area contributed by atoms with E-state index in [1.54, 1.807) is 0 Å². The lowest BCUT2D eigenvalue weighted by atomic mass is 9.95. The van der Waals surface area contributed by atoms with Gasteiger partial charge in [0.25, 0.3) is 0 Å². The van der Waals surface area contributed by atoms with Crippen molar-refractivity contribution in [3.05, 3.63) is 65.7 Å². The predicted octanol–water partition coefficient (Wildman–Crippen LogP) is 1.97. The van der Waals surface area contributed by atoms with Crippen molar-refractivity contribution in [1.29, 1.82) is 0 Å².